The molecule has 0 bridgehead atoms. The molecule has 6 nitrogen and oxygen atoms in total. The Balaban J connectivity index is 1.80. The van der Waals surface area contributed by atoms with E-state index in [-0.39, 0.29) is 11.5 Å². The lowest BCUT2D eigenvalue weighted by Gasteiger charge is -2.13. The summed E-state index contributed by atoms with van der Waals surface area (Å²) in [5, 5.41) is 5.96. The number of amides is 2. The van der Waals surface area contributed by atoms with Gasteiger partial charge in [-0.05, 0) is 54.4 Å². The highest BCUT2D eigenvalue weighted by Gasteiger charge is 2.16. The molecule has 0 aliphatic rings. The Morgan fingerprint density at radius 2 is 1.86 bits per heavy atom. The predicted molar refractivity (Wildman–Crippen MR) is 110 cm³/mol. The third kappa shape index (κ3) is 4.47. The van der Waals surface area contributed by atoms with Crippen molar-refractivity contribution in [2.75, 3.05) is 11.1 Å². The van der Waals surface area contributed by atoms with Gasteiger partial charge in [-0.15, -0.1) is 0 Å². The summed E-state index contributed by atoms with van der Waals surface area (Å²) >= 11 is 6.06. The molecule has 3 aromatic rings. The van der Waals surface area contributed by atoms with Gasteiger partial charge in [0.05, 0.1) is 16.8 Å². The molecule has 3 rings (SSSR count). The van der Waals surface area contributed by atoms with E-state index in [1.54, 1.807) is 48.8 Å². The SMILES string of the molecule is Cc1ccncc1CNC(=O)c1cc(Cl)ccc1NC(=O)c1ccccc1N. The molecule has 0 radical (unpaired) electrons. The van der Waals surface area contributed by atoms with Crippen LogP contribution in [-0.4, -0.2) is 16.8 Å². The zero-order valence-electron chi connectivity index (χ0n) is 15.2. The van der Waals surface area contributed by atoms with Crippen LogP contribution in [0.5, 0.6) is 0 Å². The molecular formula is C21H19ClN4O2. The number of para-hydroxylation sites is 1. The highest BCUT2D eigenvalue weighted by Crippen LogP contribution is 2.22. The number of halogens is 1. The Kier molecular flexibility index (Phi) is 5.91. The van der Waals surface area contributed by atoms with Gasteiger partial charge >= 0.3 is 0 Å². The molecule has 142 valence electrons. The second kappa shape index (κ2) is 8.54. The van der Waals surface area contributed by atoms with Crippen LogP contribution >= 0.6 is 11.6 Å². The van der Waals surface area contributed by atoms with Crippen LogP contribution in [0.3, 0.4) is 0 Å². The largest absolute Gasteiger partial charge is 0.398 e. The number of nitrogens with two attached hydrogens (primary N) is 1. The maximum atomic E-state index is 12.7. The fourth-order valence-electron chi connectivity index (χ4n) is 2.66. The van der Waals surface area contributed by atoms with Crippen molar-refractivity contribution in [3.05, 3.63) is 88.2 Å². The normalized spacial score (nSPS) is 10.4. The number of anilines is 2. The Morgan fingerprint density at radius 1 is 1.07 bits per heavy atom. The van der Waals surface area contributed by atoms with Crippen LogP contribution in [0.15, 0.2) is 60.9 Å². The van der Waals surface area contributed by atoms with E-state index in [1.165, 1.54) is 6.07 Å². The lowest BCUT2D eigenvalue weighted by atomic mass is 10.1. The van der Waals surface area contributed by atoms with Gasteiger partial charge in [-0.3, -0.25) is 14.6 Å². The predicted octanol–water partition coefficient (Wildman–Crippen LogP) is 3.81. The third-order valence-corrected chi connectivity index (χ3v) is 4.50. The first-order valence-electron chi connectivity index (χ1n) is 8.59. The summed E-state index contributed by atoms with van der Waals surface area (Å²) in [6.45, 7) is 2.25. The molecule has 2 aromatic carbocycles. The lowest BCUT2D eigenvalue weighted by molar-refractivity contribution is 0.0951. The quantitative estimate of drug-likeness (QED) is 0.573. The molecule has 1 heterocycles. The van der Waals surface area contributed by atoms with Crippen LogP contribution in [0.4, 0.5) is 11.4 Å². The summed E-state index contributed by atoms with van der Waals surface area (Å²) in [5.74, 6) is -0.764. The molecule has 2 amide bonds. The molecule has 0 aliphatic carbocycles. The van der Waals surface area contributed by atoms with Crippen LogP contribution in [0.25, 0.3) is 0 Å². The number of hydrogen-bond donors (Lipinski definition) is 3. The number of rotatable bonds is 5. The van der Waals surface area contributed by atoms with E-state index >= 15 is 0 Å². The van der Waals surface area contributed by atoms with Crippen LogP contribution in [0.1, 0.15) is 31.8 Å². The van der Waals surface area contributed by atoms with Crippen LogP contribution < -0.4 is 16.4 Å². The van der Waals surface area contributed by atoms with Crippen molar-refractivity contribution in [3.8, 4) is 0 Å². The monoisotopic (exact) mass is 394 g/mol. The number of carbonyl (C=O) groups is 2. The summed E-state index contributed by atoms with van der Waals surface area (Å²) < 4.78 is 0. The minimum absolute atomic E-state index is 0.261. The zero-order valence-corrected chi connectivity index (χ0v) is 16.0. The first kappa shape index (κ1) is 19.4. The van der Waals surface area contributed by atoms with Gasteiger partial charge < -0.3 is 16.4 Å². The molecule has 7 heteroatoms. The average molecular weight is 395 g/mol. The Bertz CT molecular complexity index is 1040. The minimum atomic E-state index is -0.405. The van der Waals surface area contributed by atoms with E-state index in [9.17, 15) is 9.59 Å². The molecule has 1 aromatic heterocycles. The molecule has 0 spiro atoms. The molecule has 0 aliphatic heterocycles. The maximum absolute atomic E-state index is 12.7. The minimum Gasteiger partial charge on any atom is -0.398 e. The molecule has 0 saturated heterocycles. The van der Waals surface area contributed by atoms with Gasteiger partial charge in [0.1, 0.15) is 0 Å². The number of nitrogens with one attached hydrogen (secondary N) is 2. The number of nitrogen functional groups attached to an aromatic ring is 1. The first-order valence-corrected chi connectivity index (χ1v) is 8.96. The summed E-state index contributed by atoms with van der Waals surface area (Å²) in [4.78, 5) is 29.3. The van der Waals surface area contributed by atoms with Gasteiger partial charge in [-0.1, -0.05) is 23.7 Å². The third-order valence-electron chi connectivity index (χ3n) is 4.27. The number of benzene rings is 2. The van der Waals surface area contributed by atoms with E-state index in [1.807, 2.05) is 13.0 Å². The molecule has 0 fully saturated rings. The van der Waals surface area contributed by atoms with Crippen molar-refractivity contribution >= 4 is 34.8 Å². The molecular weight excluding hydrogens is 376 g/mol. The first-order chi connectivity index (χ1) is 13.5. The van der Waals surface area contributed by atoms with E-state index in [2.05, 4.69) is 15.6 Å². The number of pyridine rings is 1. The number of nitrogens with zero attached hydrogens (tertiary/aromatic N) is 1. The summed E-state index contributed by atoms with van der Waals surface area (Å²) in [6, 6.07) is 13.3. The zero-order chi connectivity index (χ0) is 20.1. The number of carbonyl (C=O) groups excluding carboxylic acids is 2. The van der Waals surface area contributed by atoms with Crippen molar-refractivity contribution in [3.63, 3.8) is 0 Å². The van der Waals surface area contributed by atoms with Gasteiger partial charge in [0.25, 0.3) is 11.8 Å². The van der Waals surface area contributed by atoms with Gasteiger partial charge in [-0.25, -0.2) is 0 Å². The molecule has 4 N–H and O–H groups in total. The van der Waals surface area contributed by atoms with Gasteiger partial charge in [0, 0.05) is 29.6 Å². The fraction of sp³-hybridized carbons (Fsp3) is 0.0952. The highest BCUT2D eigenvalue weighted by molar-refractivity contribution is 6.31. The van der Waals surface area contributed by atoms with E-state index in [0.29, 0.717) is 28.5 Å². The van der Waals surface area contributed by atoms with Crippen molar-refractivity contribution in [2.45, 2.75) is 13.5 Å². The van der Waals surface area contributed by atoms with Crippen molar-refractivity contribution in [2.24, 2.45) is 0 Å². The van der Waals surface area contributed by atoms with E-state index < -0.39 is 5.91 Å². The Hall–Kier alpha value is -3.38. The second-order valence-corrected chi connectivity index (χ2v) is 6.65. The smallest absolute Gasteiger partial charge is 0.257 e. The standard InChI is InChI=1S/C21H19ClN4O2/c1-13-8-9-24-11-14(13)12-25-20(27)17-10-15(22)6-7-19(17)26-21(28)16-4-2-3-5-18(16)23/h2-11H,12,23H2,1H3,(H,25,27)(H,26,28). The van der Waals surface area contributed by atoms with Gasteiger partial charge in [0.15, 0.2) is 0 Å². The second-order valence-electron chi connectivity index (χ2n) is 6.22. The molecule has 0 saturated carbocycles. The average Bonchev–Trinajstić information content (AvgIpc) is 2.68. The molecule has 0 unspecified atom stereocenters. The number of aromatic nitrogens is 1. The fourth-order valence-corrected chi connectivity index (χ4v) is 2.83. The van der Waals surface area contributed by atoms with Gasteiger partial charge in [0.2, 0.25) is 0 Å². The summed E-state index contributed by atoms with van der Waals surface area (Å²) in [7, 11) is 0. The summed E-state index contributed by atoms with van der Waals surface area (Å²) in [6.07, 6.45) is 3.40. The van der Waals surface area contributed by atoms with Crippen molar-refractivity contribution in [1.29, 1.82) is 0 Å². The molecule has 28 heavy (non-hydrogen) atoms. The summed E-state index contributed by atoms with van der Waals surface area (Å²) in [5.41, 5.74) is 9.07. The topological polar surface area (TPSA) is 97.1 Å². The number of aryl methyl sites for hydroxylation is 1. The van der Waals surface area contributed by atoms with Crippen molar-refractivity contribution < 1.29 is 9.59 Å². The maximum Gasteiger partial charge on any atom is 0.257 e. The Morgan fingerprint density at radius 3 is 2.61 bits per heavy atom. The van der Waals surface area contributed by atoms with E-state index in [0.717, 1.165) is 11.1 Å². The van der Waals surface area contributed by atoms with Crippen LogP contribution in [0, 0.1) is 6.92 Å². The number of hydrogen-bond acceptors (Lipinski definition) is 4. The highest BCUT2D eigenvalue weighted by atomic mass is 35.5. The molecule has 0 atom stereocenters. The van der Waals surface area contributed by atoms with Crippen LogP contribution in [0.2, 0.25) is 5.02 Å². The van der Waals surface area contributed by atoms with Gasteiger partial charge in [-0.2, -0.15) is 0 Å². The van der Waals surface area contributed by atoms with Crippen LogP contribution in [-0.2, 0) is 6.54 Å². The van der Waals surface area contributed by atoms with E-state index in [4.69, 9.17) is 17.3 Å². The Labute approximate surface area is 167 Å². The van der Waals surface area contributed by atoms with Crippen molar-refractivity contribution in [1.82, 2.24) is 10.3 Å². The lowest BCUT2D eigenvalue weighted by Crippen LogP contribution is -2.25.